The first-order chi connectivity index (χ1) is 9.33. The fraction of sp³-hybridized carbons (Fsp3) is 0.462. The van der Waals surface area contributed by atoms with E-state index in [-0.39, 0.29) is 6.10 Å². The SMILES string of the molecule is Brc1ccccc1-c1nnn(C[C@H]2CCCCO2)n1. The maximum Gasteiger partial charge on any atom is 0.206 e. The predicted molar refractivity (Wildman–Crippen MR) is 74.5 cm³/mol. The molecular formula is C13H15BrN4O. The second kappa shape index (κ2) is 5.79. The van der Waals surface area contributed by atoms with Crippen LogP contribution in [0.4, 0.5) is 0 Å². The van der Waals surface area contributed by atoms with Crippen molar-refractivity contribution in [3.63, 3.8) is 0 Å². The summed E-state index contributed by atoms with van der Waals surface area (Å²) in [6.07, 6.45) is 3.67. The van der Waals surface area contributed by atoms with Crippen molar-refractivity contribution in [2.45, 2.75) is 31.9 Å². The Labute approximate surface area is 120 Å². The van der Waals surface area contributed by atoms with Crippen molar-refractivity contribution in [1.29, 1.82) is 0 Å². The Bertz CT molecular complexity index is 551. The summed E-state index contributed by atoms with van der Waals surface area (Å²) in [5.41, 5.74) is 0.957. The smallest absolute Gasteiger partial charge is 0.206 e. The van der Waals surface area contributed by atoms with Crippen molar-refractivity contribution in [2.24, 2.45) is 0 Å². The Kier molecular flexibility index (Phi) is 3.89. The van der Waals surface area contributed by atoms with Crippen LogP contribution in [-0.4, -0.2) is 32.9 Å². The van der Waals surface area contributed by atoms with E-state index < -0.39 is 0 Å². The summed E-state index contributed by atoms with van der Waals surface area (Å²) in [6, 6.07) is 7.88. The standard InChI is InChI=1S/C13H15BrN4O/c14-12-7-2-1-6-11(12)13-15-17-18(16-13)9-10-5-3-4-8-19-10/h1-2,6-7,10H,3-5,8-9H2/t10-/m1/s1. The third-order valence-corrected chi connectivity index (χ3v) is 3.90. The lowest BCUT2D eigenvalue weighted by molar-refractivity contribution is 0.00133. The molecule has 0 unspecified atom stereocenters. The highest BCUT2D eigenvalue weighted by atomic mass is 79.9. The first-order valence-corrected chi connectivity index (χ1v) is 7.26. The molecule has 0 bridgehead atoms. The van der Waals surface area contributed by atoms with Crippen LogP contribution in [0.5, 0.6) is 0 Å². The minimum absolute atomic E-state index is 0.218. The lowest BCUT2D eigenvalue weighted by Gasteiger charge is -2.21. The molecular weight excluding hydrogens is 308 g/mol. The third-order valence-electron chi connectivity index (χ3n) is 3.21. The van der Waals surface area contributed by atoms with E-state index in [0.717, 1.165) is 29.5 Å². The van der Waals surface area contributed by atoms with Gasteiger partial charge in [0.1, 0.15) is 0 Å². The van der Waals surface area contributed by atoms with E-state index in [1.807, 2.05) is 24.3 Å². The van der Waals surface area contributed by atoms with Gasteiger partial charge in [-0.2, -0.15) is 4.80 Å². The van der Waals surface area contributed by atoms with Crippen LogP contribution in [0.1, 0.15) is 19.3 Å². The minimum atomic E-state index is 0.218. The molecule has 19 heavy (non-hydrogen) atoms. The highest BCUT2D eigenvalue weighted by molar-refractivity contribution is 9.10. The monoisotopic (exact) mass is 322 g/mol. The van der Waals surface area contributed by atoms with Gasteiger partial charge in [-0.05, 0) is 36.6 Å². The highest BCUT2D eigenvalue weighted by Gasteiger charge is 2.16. The molecule has 1 aliphatic rings. The fourth-order valence-corrected chi connectivity index (χ4v) is 2.67. The van der Waals surface area contributed by atoms with Gasteiger partial charge in [-0.25, -0.2) is 0 Å². The third kappa shape index (κ3) is 3.01. The van der Waals surface area contributed by atoms with Gasteiger partial charge in [0.05, 0.1) is 12.6 Å². The van der Waals surface area contributed by atoms with Crippen LogP contribution in [0.3, 0.4) is 0 Å². The molecule has 1 atom stereocenters. The molecule has 2 heterocycles. The number of aromatic nitrogens is 4. The molecule has 0 spiro atoms. The maximum atomic E-state index is 5.68. The molecule has 100 valence electrons. The molecule has 6 heteroatoms. The molecule has 5 nitrogen and oxygen atoms in total. The van der Waals surface area contributed by atoms with Gasteiger partial charge in [-0.1, -0.05) is 28.1 Å². The zero-order valence-corrected chi connectivity index (χ0v) is 12.1. The van der Waals surface area contributed by atoms with Crippen LogP contribution in [-0.2, 0) is 11.3 Å². The first-order valence-electron chi connectivity index (χ1n) is 6.47. The summed E-state index contributed by atoms with van der Waals surface area (Å²) >= 11 is 3.50. The molecule has 1 aromatic carbocycles. The number of rotatable bonds is 3. The summed E-state index contributed by atoms with van der Waals surface area (Å²) < 4.78 is 6.66. The molecule has 3 rings (SSSR count). The fourth-order valence-electron chi connectivity index (χ4n) is 2.20. The van der Waals surface area contributed by atoms with Gasteiger partial charge in [-0.15, -0.1) is 10.2 Å². The zero-order valence-electron chi connectivity index (χ0n) is 10.5. The summed E-state index contributed by atoms with van der Waals surface area (Å²) in [6.45, 7) is 1.52. The summed E-state index contributed by atoms with van der Waals surface area (Å²) in [7, 11) is 0. The molecule has 0 amide bonds. The average molecular weight is 323 g/mol. The van der Waals surface area contributed by atoms with Gasteiger partial charge >= 0.3 is 0 Å². The van der Waals surface area contributed by atoms with Gasteiger partial charge in [0.15, 0.2) is 0 Å². The molecule has 1 aromatic heterocycles. The zero-order chi connectivity index (χ0) is 13.1. The van der Waals surface area contributed by atoms with Crippen molar-refractivity contribution in [2.75, 3.05) is 6.61 Å². The number of ether oxygens (including phenoxy) is 1. The molecule has 0 aliphatic carbocycles. The van der Waals surface area contributed by atoms with E-state index in [1.54, 1.807) is 4.80 Å². The summed E-state index contributed by atoms with van der Waals surface area (Å²) in [5.74, 6) is 0.642. The van der Waals surface area contributed by atoms with Crippen molar-refractivity contribution in [1.82, 2.24) is 20.2 Å². The number of nitrogens with zero attached hydrogens (tertiary/aromatic N) is 4. The van der Waals surface area contributed by atoms with E-state index in [2.05, 4.69) is 31.3 Å². The van der Waals surface area contributed by atoms with E-state index in [9.17, 15) is 0 Å². The number of halogens is 1. The second-order valence-corrected chi connectivity index (χ2v) is 5.49. The molecule has 0 saturated carbocycles. The largest absolute Gasteiger partial charge is 0.376 e. The Morgan fingerprint density at radius 1 is 1.32 bits per heavy atom. The van der Waals surface area contributed by atoms with Crippen molar-refractivity contribution >= 4 is 15.9 Å². The minimum Gasteiger partial charge on any atom is -0.376 e. The van der Waals surface area contributed by atoms with Crippen LogP contribution in [0, 0.1) is 0 Å². The molecule has 0 N–H and O–H groups in total. The quantitative estimate of drug-likeness (QED) is 0.871. The highest BCUT2D eigenvalue weighted by Crippen LogP contribution is 2.24. The van der Waals surface area contributed by atoms with Crippen molar-refractivity contribution in [3.8, 4) is 11.4 Å². The van der Waals surface area contributed by atoms with Crippen LogP contribution in [0.2, 0.25) is 0 Å². The van der Waals surface area contributed by atoms with E-state index in [1.165, 1.54) is 6.42 Å². The Hall–Kier alpha value is -1.27. The molecule has 0 radical (unpaired) electrons. The number of benzene rings is 1. The Balaban J connectivity index is 1.74. The summed E-state index contributed by atoms with van der Waals surface area (Å²) in [4.78, 5) is 1.63. The van der Waals surface area contributed by atoms with Gasteiger partial charge in [0, 0.05) is 16.6 Å². The Morgan fingerprint density at radius 3 is 3.00 bits per heavy atom. The van der Waals surface area contributed by atoms with E-state index >= 15 is 0 Å². The lowest BCUT2D eigenvalue weighted by Crippen LogP contribution is -2.25. The number of hydrogen-bond acceptors (Lipinski definition) is 4. The number of hydrogen-bond donors (Lipinski definition) is 0. The van der Waals surface area contributed by atoms with Crippen molar-refractivity contribution < 1.29 is 4.74 Å². The number of tetrazole rings is 1. The molecule has 1 saturated heterocycles. The normalized spacial score (nSPS) is 19.5. The molecule has 2 aromatic rings. The lowest BCUT2D eigenvalue weighted by atomic mass is 10.1. The average Bonchev–Trinajstić information content (AvgIpc) is 2.89. The first kappa shape index (κ1) is 12.7. The van der Waals surface area contributed by atoms with Gasteiger partial charge in [-0.3, -0.25) is 0 Å². The topological polar surface area (TPSA) is 52.8 Å². The van der Waals surface area contributed by atoms with Crippen LogP contribution >= 0.6 is 15.9 Å². The van der Waals surface area contributed by atoms with Crippen LogP contribution in [0.15, 0.2) is 28.7 Å². The van der Waals surface area contributed by atoms with Gasteiger partial charge in [0.25, 0.3) is 0 Å². The summed E-state index contributed by atoms with van der Waals surface area (Å²) in [5, 5.41) is 12.6. The van der Waals surface area contributed by atoms with Crippen LogP contribution < -0.4 is 0 Å². The van der Waals surface area contributed by atoms with Crippen molar-refractivity contribution in [3.05, 3.63) is 28.7 Å². The second-order valence-electron chi connectivity index (χ2n) is 4.64. The van der Waals surface area contributed by atoms with E-state index in [0.29, 0.717) is 12.4 Å². The maximum absolute atomic E-state index is 5.68. The van der Waals surface area contributed by atoms with E-state index in [4.69, 9.17) is 4.74 Å². The van der Waals surface area contributed by atoms with Crippen LogP contribution in [0.25, 0.3) is 11.4 Å². The van der Waals surface area contributed by atoms with Gasteiger partial charge < -0.3 is 4.74 Å². The molecule has 1 aliphatic heterocycles. The van der Waals surface area contributed by atoms with Gasteiger partial charge in [0.2, 0.25) is 5.82 Å². The predicted octanol–water partition coefficient (Wildman–Crippen LogP) is 2.67. The molecule has 1 fully saturated rings. The Morgan fingerprint density at radius 2 is 2.21 bits per heavy atom.